The van der Waals surface area contributed by atoms with Crippen molar-refractivity contribution in [2.24, 2.45) is 0 Å². The van der Waals surface area contributed by atoms with Gasteiger partial charge in [0.15, 0.2) is 5.82 Å². The van der Waals surface area contributed by atoms with Gasteiger partial charge >= 0.3 is 0 Å². The summed E-state index contributed by atoms with van der Waals surface area (Å²) in [7, 11) is 1.58. The van der Waals surface area contributed by atoms with E-state index in [0.717, 1.165) is 5.56 Å². The molecule has 7 nitrogen and oxygen atoms in total. The van der Waals surface area contributed by atoms with E-state index in [0.29, 0.717) is 28.8 Å². The zero-order valence-electron chi connectivity index (χ0n) is 14.3. The molecule has 0 aliphatic heterocycles. The Kier molecular flexibility index (Phi) is 5.75. The number of anilines is 1. The first-order valence-electron chi connectivity index (χ1n) is 7.95. The van der Waals surface area contributed by atoms with E-state index in [4.69, 9.17) is 10.6 Å². The lowest BCUT2D eigenvalue weighted by atomic mass is 10.1. The Morgan fingerprint density at radius 1 is 1.19 bits per heavy atom. The number of methoxy groups -OCH3 is 1. The summed E-state index contributed by atoms with van der Waals surface area (Å²) in [6, 6.07) is 17.1. The van der Waals surface area contributed by atoms with Crippen LogP contribution in [0.4, 0.5) is 5.69 Å². The smallest absolute Gasteiger partial charge is 0.234 e. The first-order chi connectivity index (χ1) is 12.7. The minimum Gasteiger partial charge on any atom is -0.497 e. The van der Waals surface area contributed by atoms with Crippen molar-refractivity contribution in [2.45, 2.75) is 11.6 Å². The van der Waals surface area contributed by atoms with Crippen molar-refractivity contribution in [2.75, 3.05) is 24.0 Å². The van der Waals surface area contributed by atoms with Gasteiger partial charge in [-0.1, -0.05) is 48.2 Å². The van der Waals surface area contributed by atoms with Gasteiger partial charge in [0.1, 0.15) is 5.75 Å². The summed E-state index contributed by atoms with van der Waals surface area (Å²) < 4.78 is 6.57. The van der Waals surface area contributed by atoms with Crippen LogP contribution in [0.25, 0.3) is 0 Å². The highest BCUT2D eigenvalue weighted by molar-refractivity contribution is 7.99. The fourth-order valence-electron chi connectivity index (χ4n) is 2.33. The average molecular weight is 369 g/mol. The Morgan fingerprint density at radius 3 is 2.77 bits per heavy atom. The lowest BCUT2D eigenvalue weighted by Crippen LogP contribution is -2.17. The molecule has 0 fully saturated rings. The van der Waals surface area contributed by atoms with Crippen LogP contribution in [0.3, 0.4) is 0 Å². The molecule has 0 aliphatic carbocycles. The third-order valence-corrected chi connectivity index (χ3v) is 4.57. The van der Waals surface area contributed by atoms with Crippen molar-refractivity contribution >= 4 is 23.4 Å². The van der Waals surface area contributed by atoms with Gasteiger partial charge in [-0.25, -0.2) is 4.68 Å². The van der Waals surface area contributed by atoms with Crippen LogP contribution in [0, 0.1) is 0 Å². The molecule has 2 aromatic carbocycles. The van der Waals surface area contributed by atoms with Crippen molar-refractivity contribution < 1.29 is 9.53 Å². The number of amides is 1. The lowest BCUT2D eigenvalue weighted by molar-refractivity contribution is -0.113. The van der Waals surface area contributed by atoms with Crippen LogP contribution < -0.4 is 15.9 Å². The van der Waals surface area contributed by atoms with Crippen LogP contribution in [0.2, 0.25) is 0 Å². The number of nitrogen functional groups attached to an aromatic ring is 1. The molecule has 0 atom stereocenters. The van der Waals surface area contributed by atoms with Crippen LogP contribution in [0.5, 0.6) is 5.75 Å². The van der Waals surface area contributed by atoms with Crippen LogP contribution in [0.15, 0.2) is 59.8 Å². The molecule has 0 bridgehead atoms. The van der Waals surface area contributed by atoms with Crippen LogP contribution in [-0.4, -0.2) is 33.6 Å². The van der Waals surface area contributed by atoms with E-state index in [1.807, 2.05) is 42.5 Å². The molecule has 3 N–H and O–H groups in total. The van der Waals surface area contributed by atoms with E-state index in [-0.39, 0.29) is 11.7 Å². The zero-order chi connectivity index (χ0) is 18.4. The summed E-state index contributed by atoms with van der Waals surface area (Å²) >= 11 is 1.24. The van der Waals surface area contributed by atoms with E-state index >= 15 is 0 Å². The minimum atomic E-state index is -0.157. The number of rotatable bonds is 7. The maximum atomic E-state index is 12.1. The Bertz CT molecular complexity index is 882. The standard InChI is InChI=1S/C18H19N5O2S/c1-25-15-9-5-8-14(11-15)20-17(24)12-26-18-22-21-16(23(18)19)10-13-6-3-2-4-7-13/h2-9,11H,10,12,19H2,1H3,(H,20,24). The molecule has 3 aromatic rings. The topological polar surface area (TPSA) is 95.1 Å². The zero-order valence-corrected chi connectivity index (χ0v) is 15.1. The molecule has 1 amide bonds. The number of carbonyl (C=O) groups excluding carboxylic acids is 1. The molecule has 0 aliphatic rings. The quantitative estimate of drug-likeness (QED) is 0.490. The first-order valence-corrected chi connectivity index (χ1v) is 8.94. The summed E-state index contributed by atoms with van der Waals surface area (Å²) in [5, 5.41) is 11.5. The monoisotopic (exact) mass is 369 g/mol. The van der Waals surface area contributed by atoms with Crippen LogP contribution >= 0.6 is 11.8 Å². The van der Waals surface area contributed by atoms with Crippen molar-refractivity contribution in [1.29, 1.82) is 0 Å². The Balaban J connectivity index is 1.57. The Morgan fingerprint density at radius 2 is 2.00 bits per heavy atom. The minimum absolute atomic E-state index is 0.157. The van der Waals surface area contributed by atoms with Gasteiger partial charge in [-0.2, -0.15) is 0 Å². The predicted octanol–water partition coefficient (Wildman–Crippen LogP) is 2.32. The number of ether oxygens (including phenoxy) is 1. The number of aromatic nitrogens is 3. The highest BCUT2D eigenvalue weighted by atomic mass is 32.2. The summed E-state index contributed by atoms with van der Waals surface area (Å²) in [5.74, 6) is 7.40. The fourth-order valence-corrected chi connectivity index (χ4v) is 3.01. The predicted molar refractivity (Wildman–Crippen MR) is 102 cm³/mol. The summed E-state index contributed by atoms with van der Waals surface area (Å²) in [6.45, 7) is 0. The van der Waals surface area contributed by atoms with Gasteiger partial charge in [0.05, 0.1) is 12.9 Å². The normalized spacial score (nSPS) is 10.5. The SMILES string of the molecule is COc1cccc(NC(=O)CSc2nnc(Cc3ccccc3)n2N)c1. The van der Waals surface area contributed by atoms with Crippen molar-refractivity contribution in [3.05, 3.63) is 66.0 Å². The maximum Gasteiger partial charge on any atom is 0.234 e. The third kappa shape index (κ3) is 4.54. The van der Waals surface area contributed by atoms with Crippen LogP contribution in [-0.2, 0) is 11.2 Å². The van der Waals surface area contributed by atoms with E-state index in [2.05, 4.69) is 15.5 Å². The molecule has 0 unspecified atom stereocenters. The van der Waals surface area contributed by atoms with Gasteiger partial charge < -0.3 is 15.9 Å². The first kappa shape index (κ1) is 17.8. The Hall–Kier alpha value is -3.00. The molecule has 0 spiro atoms. The molecular weight excluding hydrogens is 350 g/mol. The number of hydrogen-bond donors (Lipinski definition) is 2. The van der Waals surface area contributed by atoms with Gasteiger partial charge in [0.25, 0.3) is 0 Å². The molecule has 134 valence electrons. The number of benzene rings is 2. The molecule has 8 heteroatoms. The highest BCUT2D eigenvalue weighted by Crippen LogP contribution is 2.19. The maximum absolute atomic E-state index is 12.1. The van der Waals surface area contributed by atoms with Gasteiger partial charge in [-0.3, -0.25) is 4.79 Å². The van der Waals surface area contributed by atoms with Gasteiger partial charge in [0, 0.05) is 18.2 Å². The number of nitrogens with zero attached hydrogens (tertiary/aromatic N) is 3. The number of nitrogens with one attached hydrogen (secondary N) is 1. The number of thioether (sulfide) groups is 1. The average Bonchev–Trinajstić information content (AvgIpc) is 3.01. The molecule has 0 saturated heterocycles. The molecule has 1 heterocycles. The van der Waals surface area contributed by atoms with E-state index in [1.165, 1.54) is 16.4 Å². The summed E-state index contributed by atoms with van der Waals surface area (Å²) in [6.07, 6.45) is 0.584. The third-order valence-electron chi connectivity index (χ3n) is 3.63. The molecule has 26 heavy (non-hydrogen) atoms. The van der Waals surface area contributed by atoms with Crippen molar-refractivity contribution in [1.82, 2.24) is 14.9 Å². The summed E-state index contributed by atoms with van der Waals surface area (Å²) in [4.78, 5) is 12.1. The van der Waals surface area contributed by atoms with E-state index in [1.54, 1.807) is 19.2 Å². The Labute approximate surface area is 155 Å². The lowest BCUT2D eigenvalue weighted by Gasteiger charge is -2.07. The second-order valence-electron chi connectivity index (χ2n) is 5.50. The number of hydrogen-bond acceptors (Lipinski definition) is 6. The largest absolute Gasteiger partial charge is 0.497 e. The van der Waals surface area contributed by atoms with Crippen LogP contribution in [0.1, 0.15) is 11.4 Å². The molecular formula is C18H19N5O2S. The fraction of sp³-hybridized carbons (Fsp3) is 0.167. The molecule has 3 rings (SSSR count). The summed E-state index contributed by atoms with van der Waals surface area (Å²) in [5.41, 5.74) is 1.77. The van der Waals surface area contributed by atoms with Crippen molar-refractivity contribution in [3.63, 3.8) is 0 Å². The van der Waals surface area contributed by atoms with Gasteiger partial charge in [0.2, 0.25) is 11.1 Å². The van der Waals surface area contributed by atoms with Gasteiger partial charge in [-0.05, 0) is 17.7 Å². The van der Waals surface area contributed by atoms with Gasteiger partial charge in [-0.15, -0.1) is 10.2 Å². The van der Waals surface area contributed by atoms with E-state index < -0.39 is 0 Å². The van der Waals surface area contributed by atoms with Crippen molar-refractivity contribution in [3.8, 4) is 5.75 Å². The molecule has 0 radical (unpaired) electrons. The molecule has 0 saturated carbocycles. The number of nitrogens with two attached hydrogens (primary N) is 1. The highest BCUT2D eigenvalue weighted by Gasteiger charge is 2.13. The number of carbonyl (C=O) groups is 1. The van der Waals surface area contributed by atoms with E-state index in [9.17, 15) is 4.79 Å². The second-order valence-corrected chi connectivity index (χ2v) is 6.44. The molecule has 1 aromatic heterocycles. The second kappa shape index (κ2) is 8.39.